The fourth-order valence-electron chi connectivity index (χ4n) is 3.10. The molecule has 0 amide bonds. The third-order valence-electron chi connectivity index (χ3n) is 4.37. The van der Waals surface area contributed by atoms with Gasteiger partial charge in [0.15, 0.2) is 5.65 Å². The molecule has 1 N–H and O–H groups in total. The van der Waals surface area contributed by atoms with Crippen molar-refractivity contribution in [3.8, 4) is 22.4 Å². The van der Waals surface area contributed by atoms with E-state index in [1.54, 1.807) is 24.4 Å². The molecule has 27 heavy (non-hydrogen) atoms. The van der Waals surface area contributed by atoms with Crippen LogP contribution in [-0.4, -0.2) is 14.6 Å². The highest BCUT2D eigenvalue weighted by atomic mass is 35.5. The summed E-state index contributed by atoms with van der Waals surface area (Å²) >= 11 is 12.5. The maximum atomic E-state index is 12.9. The van der Waals surface area contributed by atoms with Gasteiger partial charge in [-0.1, -0.05) is 59.6 Å². The first-order chi connectivity index (χ1) is 13.1. The number of aromatic amines is 1. The number of nitrogens with zero attached hydrogens (tertiary/aromatic N) is 2. The molecule has 0 unspecified atom stereocenters. The van der Waals surface area contributed by atoms with E-state index in [9.17, 15) is 4.79 Å². The van der Waals surface area contributed by atoms with Crippen LogP contribution in [0.3, 0.4) is 0 Å². The lowest BCUT2D eigenvalue weighted by Gasteiger charge is -2.06. The van der Waals surface area contributed by atoms with Crippen LogP contribution in [0.5, 0.6) is 0 Å². The Morgan fingerprint density at radius 2 is 1.85 bits per heavy atom. The summed E-state index contributed by atoms with van der Waals surface area (Å²) in [4.78, 5) is 17.4. The number of allylic oxidation sites excluding steroid dienone is 1. The molecule has 2 aromatic heterocycles. The molecule has 4 nitrogen and oxygen atoms in total. The van der Waals surface area contributed by atoms with Crippen molar-refractivity contribution in [1.82, 2.24) is 14.6 Å². The molecule has 0 spiro atoms. The highest BCUT2D eigenvalue weighted by molar-refractivity contribution is 6.33. The lowest BCUT2D eigenvalue weighted by Crippen LogP contribution is -2.19. The number of halogens is 2. The van der Waals surface area contributed by atoms with Gasteiger partial charge in [0.2, 0.25) is 0 Å². The van der Waals surface area contributed by atoms with Gasteiger partial charge in [0, 0.05) is 27.4 Å². The monoisotopic (exact) mass is 395 g/mol. The zero-order valence-electron chi connectivity index (χ0n) is 14.2. The molecule has 0 atom stereocenters. The predicted octanol–water partition coefficient (Wildman–Crippen LogP) is 5.39. The van der Waals surface area contributed by atoms with E-state index in [2.05, 4.69) is 16.7 Å². The first-order valence-electron chi connectivity index (χ1n) is 8.34. The second-order valence-electron chi connectivity index (χ2n) is 6.09. The number of aromatic nitrogens is 3. The molecule has 134 valence electrons. The molecule has 0 aliphatic carbocycles. The van der Waals surface area contributed by atoms with Crippen LogP contribution in [0.25, 0.3) is 28.0 Å². The number of hydrogen-bond acceptors (Lipinski definition) is 2. The zero-order chi connectivity index (χ0) is 19.0. The van der Waals surface area contributed by atoms with Crippen molar-refractivity contribution in [2.45, 2.75) is 6.42 Å². The van der Waals surface area contributed by atoms with E-state index in [0.717, 1.165) is 22.4 Å². The Kier molecular flexibility index (Phi) is 4.60. The van der Waals surface area contributed by atoms with Gasteiger partial charge < -0.3 is 0 Å². The minimum absolute atomic E-state index is 0.159. The Hall–Kier alpha value is -2.82. The highest BCUT2D eigenvalue weighted by Crippen LogP contribution is 2.37. The van der Waals surface area contributed by atoms with E-state index < -0.39 is 0 Å². The van der Waals surface area contributed by atoms with Gasteiger partial charge in [-0.3, -0.25) is 9.89 Å². The van der Waals surface area contributed by atoms with Crippen LogP contribution in [0, 0.1) is 0 Å². The summed E-state index contributed by atoms with van der Waals surface area (Å²) in [7, 11) is 0. The van der Waals surface area contributed by atoms with Crippen LogP contribution in [0.2, 0.25) is 10.0 Å². The summed E-state index contributed by atoms with van der Waals surface area (Å²) < 4.78 is 1.46. The molecule has 0 saturated heterocycles. The van der Waals surface area contributed by atoms with Gasteiger partial charge in [-0.25, -0.2) is 9.50 Å². The van der Waals surface area contributed by atoms with Crippen LogP contribution < -0.4 is 5.56 Å². The van der Waals surface area contributed by atoms with Gasteiger partial charge in [0.05, 0.1) is 11.3 Å². The van der Waals surface area contributed by atoms with Gasteiger partial charge >= 0.3 is 0 Å². The first kappa shape index (κ1) is 17.6. The van der Waals surface area contributed by atoms with Crippen molar-refractivity contribution in [3.63, 3.8) is 0 Å². The van der Waals surface area contributed by atoms with Gasteiger partial charge in [-0.15, -0.1) is 6.58 Å². The summed E-state index contributed by atoms with van der Waals surface area (Å²) in [6.07, 6.45) is 3.73. The molecule has 0 saturated carbocycles. The number of H-pyrrole nitrogens is 1. The SMILES string of the molecule is C=CCc1cnc2c(-c3ccc(Cl)cc3)c(-c3ccccc3Cl)[nH]n2c1=O. The molecule has 6 heteroatoms. The normalized spacial score (nSPS) is 11.0. The van der Waals surface area contributed by atoms with E-state index in [0.29, 0.717) is 27.7 Å². The Labute approximate surface area is 165 Å². The maximum Gasteiger partial charge on any atom is 0.276 e. The van der Waals surface area contributed by atoms with Crippen LogP contribution in [0.15, 0.2) is 72.2 Å². The summed E-state index contributed by atoms with van der Waals surface area (Å²) in [5.74, 6) is 0. The number of rotatable bonds is 4. The van der Waals surface area contributed by atoms with Crippen molar-refractivity contribution in [2.75, 3.05) is 0 Å². The minimum Gasteiger partial charge on any atom is -0.288 e. The summed E-state index contributed by atoms with van der Waals surface area (Å²) in [6, 6.07) is 14.9. The van der Waals surface area contributed by atoms with Gasteiger partial charge in [-0.2, -0.15) is 0 Å². The van der Waals surface area contributed by atoms with E-state index in [1.165, 1.54) is 4.52 Å². The lowest BCUT2D eigenvalue weighted by atomic mass is 10.0. The average Bonchev–Trinajstić information content (AvgIpc) is 3.05. The van der Waals surface area contributed by atoms with Gasteiger partial charge in [-0.05, 0) is 30.2 Å². The van der Waals surface area contributed by atoms with Gasteiger partial charge in [0.1, 0.15) is 0 Å². The van der Waals surface area contributed by atoms with E-state index >= 15 is 0 Å². The lowest BCUT2D eigenvalue weighted by molar-refractivity contribution is 0.879. The summed E-state index contributed by atoms with van der Waals surface area (Å²) in [6.45, 7) is 3.70. The fraction of sp³-hybridized carbons (Fsp3) is 0.0476. The molecule has 4 aromatic rings. The second kappa shape index (κ2) is 7.06. The van der Waals surface area contributed by atoms with E-state index in [-0.39, 0.29) is 5.56 Å². The topological polar surface area (TPSA) is 50.2 Å². The molecular weight excluding hydrogens is 381 g/mol. The van der Waals surface area contributed by atoms with Crippen LogP contribution in [0.1, 0.15) is 5.56 Å². The predicted molar refractivity (Wildman–Crippen MR) is 111 cm³/mol. The second-order valence-corrected chi connectivity index (χ2v) is 6.93. The number of hydrogen-bond donors (Lipinski definition) is 1. The largest absolute Gasteiger partial charge is 0.288 e. The van der Waals surface area contributed by atoms with Crippen LogP contribution in [-0.2, 0) is 6.42 Å². The smallest absolute Gasteiger partial charge is 0.276 e. The van der Waals surface area contributed by atoms with Crippen molar-refractivity contribution < 1.29 is 0 Å². The Morgan fingerprint density at radius 3 is 2.56 bits per heavy atom. The standard InChI is InChI=1S/C21H15Cl2N3O/c1-2-5-14-12-24-20-18(13-8-10-15(22)11-9-13)19(25-26(20)21(14)27)16-6-3-4-7-17(16)23/h2-4,6-12,25H,1,5H2. The highest BCUT2D eigenvalue weighted by Gasteiger charge is 2.20. The van der Waals surface area contributed by atoms with Crippen molar-refractivity contribution in [1.29, 1.82) is 0 Å². The molecule has 2 heterocycles. The summed E-state index contributed by atoms with van der Waals surface area (Å²) in [5.41, 5.74) is 4.14. The summed E-state index contributed by atoms with van der Waals surface area (Å²) in [5, 5.41) is 4.41. The molecular formula is C21H15Cl2N3O. The van der Waals surface area contributed by atoms with Crippen LogP contribution >= 0.6 is 23.2 Å². The maximum absolute atomic E-state index is 12.9. The molecule has 0 fully saturated rings. The van der Waals surface area contributed by atoms with Crippen molar-refractivity contribution in [2.24, 2.45) is 0 Å². The Bertz CT molecular complexity index is 1210. The third-order valence-corrected chi connectivity index (χ3v) is 4.95. The first-order valence-corrected chi connectivity index (χ1v) is 9.10. The molecule has 2 aromatic carbocycles. The molecule has 0 aliphatic rings. The van der Waals surface area contributed by atoms with Crippen LogP contribution in [0.4, 0.5) is 0 Å². The number of benzene rings is 2. The zero-order valence-corrected chi connectivity index (χ0v) is 15.8. The fourth-order valence-corrected chi connectivity index (χ4v) is 3.45. The molecule has 0 bridgehead atoms. The molecule has 4 rings (SSSR count). The molecule has 0 aliphatic heterocycles. The third kappa shape index (κ3) is 3.07. The van der Waals surface area contributed by atoms with Crippen molar-refractivity contribution in [3.05, 3.63) is 93.3 Å². The van der Waals surface area contributed by atoms with Gasteiger partial charge in [0.25, 0.3) is 5.56 Å². The average molecular weight is 396 g/mol. The minimum atomic E-state index is -0.159. The molecule has 0 radical (unpaired) electrons. The quantitative estimate of drug-likeness (QED) is 0.470. The van der Waals surface area contributed by atoms with E-state index in [1.807, 2.05) is 36.4 Å². The van der Waals surface area contributed by atoms with Crippen molar-refractivity contribution >= 4 is 28.8 Å². The Morgan fingerprint density at radius 1 is 1.11 bits per heavy atom. The van der Waals surface area contributed by atoms with E-state index in [4.69, 9.17) is 23.2 Å². The number of nitrogens with one attached hydrogen (secondary N) is 1. The Balaban J connectivity index is 2.09. The number of fused-ring (bicyclic) bond motifs is 1.